The van der Waals surface area contributed by atoms with Crippen LogP contribution in [-0.4, -0.2) is 0 Å². The molecule has 19 heavy (non-hydrogen) atoms. The molecule has 0 fully saturated rings. The molecule has 0 heterocycles. The first-order chi connectivity index (χ1) is 9.43. The summed E-state index contributed by atoms with van der Waals surface area (Å²) in [6.45, 7) is 0. The van der Waals surface area contributed by atoms with Crippen molar-refractivity contribution in [2.24, 2.45) is 0 Å². The van der Waals surface area contributed by atoms with Gasteiger partial charge in [0.05, 0.1) is 0 Å². The Labute approximate surface area is 112 Å². The summed E-state index contributed by atoms with van der Waals surface area (Å²) in [5.74, 6) is 0. The van der Waals surface area contributed by atoms with Crippen molar-refractivity contribution < 1.29 is 0 Å². The van der Waals surface area contributed by atoms with Gasteiger partial charge < -0.3 is 0 Å². The lowest BCUT2D eigenvalue weighted by molar-refractivity contribution is 1.19. The van der Waals surface area contributed by atoms with Crippen molar-refractivity contribution in [2.45, 2.75) is 19.3 Å². The zero-order chi connectivity index (χ0) is 12.4. The largest absolute Gasteiger partial charge is 0.0795 e. The molecule has 0 heteroatoms. The molecule has 0 aliphatic heterocycles. The van der Waals surface area contributed by atoms with E-state index in [1.807, 2.05) is 0 Å². The third kappa shape index (κ3) is 1.10. The fourth-order valence-electron chi connectivity index (χ4n) is 3.92. The Morgan fingerprint density at radius 3 is 2.47 bits per heavy atom. The SMILES string of the molecule is C1=Cc2c(c3c(c4c5c(ccc24)=CCC=5)C=CC3)C1. The van der Waals surface area contributed by atoms with Crippen molar-refractivity contribution in [2.75, 3.05) is 0 Å². The molecule has 5 rings (SSSR count). The molecule has 0 saturated carbocycles. The number of fused-ring (bicyclic) bond motifs is 8. The Morgan fingerprint density at radius 1 is 0.789 bits per heavy atom. The quantitative estimate of drug-likeness (QED) is 0.666. The summed E-state index contributed by atoms with van der Waals surface area (Å²) in [6.07, 6.45) is 17.3. The zero-order valence-corrected chi connectivity index (χ0v) is 10.7. The standard InChI is InChI=1S/C19H14/c1-4-12-10-11-18-16-7-2-6-14(16)15-8-3-9-17(15)19(18)13(12)5-1/h2-5,7,9-11H,1,6,8H2. The van der Waals surface area contributed by atoms with Crippen molar-refractivity contribution in [3.8, 4) is 0 Å². The molecule has 0 bridgehead atoms. The minimum atomic E-state index is 1.08. The van der Waals surface area contributed by atoms with Crippen LogP contribution >= 0.6 is 0 Å². The molecule has 3 aliphatic carbocycles. The maximum absolute atomic E-state index is 2.38. The molecule has 2 aromatic rings. The van der Waals surface area contributed by atoms with Gasteiger partial charge in [0.15, 0.2) is 0 Å². The smallest absolute Gasteiger partial charge is 0.00270 e. The number of hydrogen-bond donors (Lipinski definition) is 0. The zero-order valence-electron chi connectivity index (χ0n) is 10.7. The Hall–Kier alpha value is -2.08. The molecule has 0 amide bonds. The van der Waals surface area contributed by atoms with Gasteiger partial charge in [-0.2, -0.15) is 0 Å². The molecule has 90 valence electrons. The van der Waals surface area contributed by atoms with Gasteiger partial charge in [-0.1, -0.05) is 48.6 Å². The van der Waals surface area contributed by atoms with E-state index in [0.717, 1.165) is 19.3 Å². The summed E-state index contributed by atoms with van der Waals surface area (Å²) < 4.78 is 0. The van der Waals surface area contributed by atoms with E-state index in [9.17, 15) is 0 Å². The third-order valence-corrected chi connectivity index (χ3v) is 4.73. The van der Waals surface area contributed by atoms with Crippen LogP contribution in [0.2, 0.25) is 0 Å². The van der Waals surface area contributed by atoms with Crippen LogP contribution in [0.1, 0.15) is 28.7 Å². The average molecular weight is 242 g/mol. The van der Waals surface area contributed by atoms with Gasteiger partial charge in [-0.05, 0) is 62.7 Å². The van der Waals surface area contributed by atoms with E-state index < -0.39 is 0 Å². The van der Waals surface area contributed by atoms with Crippen LogP contribution in [0.5, 0.6) is 0 Å². The van der Waals surface area contributed by atoms with Crippen molar-refractivity contribution in [1.29, 1.82) is 0 Å². The van der Waals surface area contributed by atoms with Gasteiger partial charge in [-0.25, -0.2) is 0 Å². The van der Waals surface area contributed by atoms with E-state index in [2.05, 4.69) is 48.6 Å². The average Bonchev–Trinajstić information content (AvgIpc) is 3.17. The predicted octanol–water partition coefficient (Wildman–Crippen LogP) is 2.94. The Bertz CT molecular complexity index is 921. The highest BCUT2D eigenvalue weighted by atomic mass is 14.2. The summed E-state index contributed by atoms with van der Waals surface area (Å²) in [4.78, 5) is 0. The summed E-state index contributed by atoms with van der Waals surface area (Å²) in [5, 5.41) is 5.81. The lowest BCUT2D eigenvalue weighted by Crippen LogP contribution is -2.23. The number of benzene rings is 2. The highest BCUT2D eigenvalue weighted by Crippen LogP contribution is 2.37. The maximum Gasteiger partial charge on any atom is -0.00270 e. The number of hydrogen-bond acceptors (Lipinski definition) is 0. The van der Waals surface area contributed by atoms with E-state index in [1.165, 1.54) is 32.3 Å². The molecule has 2 aromatic carbocycles. The topological polar surface area (TPSA) is 0 Å². The fraction of sp³-hybridized carbons (Fsp3) is 0.158. The highest BCUT2D eigenvalue weighted by molar-refractivity contribution is 6.02. The maximum atomic E-state index is 2.38. The third-order valence-electron chi connectivity index (χ3n) is 4.73. The lowest BCUT2D eigenvalue weighted by atomic mass is 9.90. The molecule has 0 nitrogen and oxygen atoms in total. The minimum absolute atomic E-state index is 1.08. The molecule has 0 unspecified atom stereocenters. The number of allylic oxidation sites excluding steroid dienone is 2. The molecule has 0 spiro atoms. The molecule has 0 aromatic heterocycles. The second-order valence-electron chi connectivity index (χ2n) is 5.63. The van der Waals surface area contributed by atoms with Crippen LogP contribution in [0.15, 0.2) is 24.3 Å². The summed E-state index contributed by atoms with van der Waals surface area (Å²) in [7, 11) is 0. The molecule has 0 saturated heterocycles. The Balaban J connectivity index is 2.14. The first-order valence-electron chi connectivity index (χ1n) is 7.07. The highest BCUT2D eigenvalue weighted by Gasteiger charge is 2.21. The van der Waals surface area contributed by atoms with Gasteiger partial charge in [0, 0.05) is 0 Å². The van der Waals surface area contributed by atoms with Gasteiger partial charge in [-0.3, -0.25) is 0 Å². The van der Waals surface area contributed by atoms with Crippen LogP contribution in [-0.2, 0) is 12.8 Å². The Kier molecular flexibility index (Phi) is 1.69. The first kappa shape index (κ1) is 9.80. The number of rotatable bonds is 0. The normalized spacial score (nSPS) is 17.3. The minimum Gasteiger partial charge on any atom is -0.0795 e. The van der Waals surface area contributed by atoms with E-state index in [-0.39, 0.29) is 0 Å². The van der Waals surface area contributed by atoms with Crippen molar-refractivity contribution >= 4 is 35.1 Å². The molecule has 0 N–H and O–H groups in total. The molecule has 3 aliphatic rings. The van der Waals surface area contributed by atoms with Crippen LogP contribution in [0, 0.1) is 0 Å². The van der Waals surface area contributed by atoms with Crippen molar-refractivity contribution in [3.05, 3.63) is 57.0 Å². The van der Waals surface area contributed by atoms with E-state index in [0.29, 0.717) is 0 Å². The Morgan fingerprint density at radius 2 is 1.58 bits per heavy atom. The van der Waals surface area contributed by atoms with Gasteiger partial charge in [0.25, 0.3) is 0 Å². The molecule has 0 atom stereocenters. The van der Waals surface area contributed by atoms with Gasteiger partial charge in [-0.15, -0.1) is 0 Å². The second kappa shape index (κ2) is 3.27. The van der Waals surface area contributed by atoms with Crippen LogP contribution < -0.4 is 10.4 Å². The van der Waals surface area contributed by atoms with Gasteiger partial charge in [0.2, 0.25) is 0 Å². The van der Waals surface area contributed by atoms with Crippen molar-refractivity contribution in [3.63, 3.8) is 0 Å². The van der Waals surface area contributed by atoms with Gasteiger partial charge in [0.1, 0.15) is 0 Å². The van der Waals surface area contributed by atoms with Crippen LogP contribution in [0.4, 0.5) is 0 Å². The second-order valence-corrected chi connectivity index (χ2v) is 5.63. The molecule has 0 radical (unpaired) electrons. The van der Waals surface area contributed by atoms with Crippen LogP contribution in [0.25, 0.3) is 35.1 Å². The summed E-state index contributed by atoms with van der Waals surface area (Å²) >= 11 is 0. The van der Waals surface area contributed by atoms with E-state index in [4.69, 9.17) is 0 Å². The summed E-state index contributed by atoms with van der Waals surface area (Å²) in [6, 6.07) is 4.61. The van der Waals surface area contributed by atoms with E-state index in [1.54, 1.807) is 11.1 Å². The summed E-state index contributed by atoms with van der Waals surface area (Å²) in [5.41, 5.74) is 6.09. The predicted molar refractivity (Wildman–Crippen MR) is 82.2 cm³/mol. The molecular formula is C19H14. The fourth-order valence-corrected chi connectivity index (χ4v) is 3.92. The van der Waals surface area contributed by atoms with Gasteiger partial charge >= 0.3 is 0 Å². The van der Waals surface area contributed by atoms with E-state index >= 15 is 0 Å². The monoisotopic (exact) mass is 242 g/mol. The van der Waals surface area contributed by atoms with Crippen molar-refractivity contribution in [1.82, 2.24) is 0 Å². The van der Waals surface area contributed by atoms with Crippen LogP contribution in [0.3, 0.4) is 0 Å². The first-order valence-corrected chi connectivity index (χ1v) is 7.07. The molecular weight excluding hydrogens is 228 g/mol. The lowest BCUT2D eigenvalue weighted by Gasteiger charge is -2.13.